The van der Waals surface area contributed by atoms with E-state index < -0.39 is 0 Å². The van der Waals surface area contributed by atoms with Gasteiger partial charge in [-0.2, -0.15) is 0 Å². The van der Waals surface area contributed by atoms with Crippen molar-refractivity contribution in [2.75, 3.05) is 6.61 Å². The number of fused-ring (bicyclic) bond motifs is 1. The summed E-state index contributed by atoms with van der Waals surface area (Å²) in [6, 6.07) is 0. The molecule has 0 amide bonds. The van der Waals surface area contributed by atoms with Crippen LogP contribution < -0.4 is 0 Å². The third kappa shape index (κ3) is 2.23. The molecule has 82 valence electrons. The van der Waals surface area contributed by atoms with Crippen molar-refractivity contribution in [1.82, 2.24) is 0 Å². The predicted octanol–water partition coefficient (Wildman–Crippen LogP) is 3.19. The van der Waals surface area contributed by atoms with E-state index in [-0.39, 0.29) is 5.97 Å². The fourth-order valence-corrected chi connectivity index (χ4v) is 3.05. The molecule has 1 heterocycles. The highest BCUT2D eigenvalue weighted by atomic mass is 32.1. The number of carbonyl (C=O) groups is 1. The Kier molecular flexibility index (Phi) is 3.41. The summed E-state index contributed by atoms with van der Waals surface area (Å²) in [6.07, 6.45) is 5.54. The maximum Gasteiger partial charge on any atom is 0.339 e. The van der Waals surface area contributed by atoms with Crippen LogP contribution in [0.3, 0.4) is 0 Å². The summed E-state index contributed by atoms with van der Waals surface area (Å²) < 4.78 is 5.17. The third-order valence-corrected chi connectivity index (χ3v) is 3.81. The second-order valence-electron chi connectivity index (χ2n) is 3.89. The largest absolute Gasteiger partial charge is 0.462 e. The lowest BCUT2D eigenvalue weighted by Gasteiger charge is -2.12. The monoisotopic (exact) mass is 224 g/mol. The fraction of sp³-hybridized carbons (Fsp3) is 0.583. The second-order valence-corrected chi connectivity index (χ2v) is 4.86. The van der Waals surface area contributed by atoms with Crippen LogP contribution in [0.25, 0.3) is 0 Å². The second kappa shape index (κ2) is 4.79. The number of thiophene rings is 1. The molecule has 1 aliphatic carbocycles. The summed E-state index contributed by atoms with van der Waals surface area (Å²) in [5.41, 5.74) is 2.08. The highest BCUT2D eigenvalue weighted by molar-refractivity contribution is 7.10. The van der Waals surface area contributed by atoms with Crippen LogP contribution in [0, 0.1) is 0 Å². The van der Waals surface area contributed by atoms with Gasteiger partial charge in [-0.1, -0.05) is 6.92 Å². The average Bonchev–Trinajstić information content (AvgIpc) is 2.69. The highest BCUT2D eigenvalue weighted by Crippen LogP contribution is 2.30. The number of hydrogen-bond acceptors (Lipinski definition) is 3. The van der Waals surface area contributed by atoms with E-state index >= 15 is 0 Å². The molecule has 2 nitrogen and oxygen atoms in total. The van der Waals surface area contributed by atoms with Crippen molar-refractivity contribution in [3.05, 3.63) is 21.4 Å². The summed E-state index contributed by atoms with van der Waals surface area (Å²) in [6.45, 7) is 2.54. The molecule has 0 aliphatic heterocycles. The van der Waals surface area contributed by atoms with Crippen molar-refractivity contribution in [2.24, 2.45) is 0 Å². The van der Waals surface area contributed by atoms with Crippen LogP contribution in [-0.2, 0) is 17.6 Å². The Morgan fingerprint density at radius 1 is 1.47 bits per heavy atom. The van der Waals surface area contributed by atoms with Gasteiger partial charge >= 0.3 is 5.97 Å². The Morgan fingerprint density at radius 2 is 2.27 bits per heavy atom. The Bertz CT molecular complexity index is 355. The maximum atomic E-state index is 11.7. The van der Waals surface area contributed by atoms with E-state index in [1.54, 1.807) is 11.3 Å². The molecule has 1 aromatic rings. The average molecular weight is 224 g/mol. The van der Waals surface area contributed by atoms with Crippen LogP contribution in [0.1, 0.15) is 47.0 Å². The van der Waals surface area contributed by atoms with Crippen molar-refractivity contribution < 1.29 is 9.53 Å². The minimum atomic E-state index is -0.128. The molecule has 1 aromatic heterocycles. The molecule has 0 N–H and O–H groups in total. The first-order chi connectivity index (χ1) is 7.33. The minimum Gasteiger partial charge on any atom is -0.462 e. The topological polar surface area (TPSA) is 26.3 Å². The van der Waals surface area contributed by atoms with Gasteiger partial charge in [0, 0.05) is 10.3 Å². The van der Waals surface area contributed by atoms with Gasteiger partial charge in [-0.15, -0.1) is 11.3 Å². The molecular formula is C12H16O2S. The van der Waals surface area contributed by atoms with Crippen molar-refractivity contribution in [2.45, 2.75) is 39.0 Å². The Labute approximate surface area is 94.3 Å². The molecule has 0 radical (unpaired) electrons. The molecule has 0 saturated carbocycles. The number of rotatable bonds is 3. The van der Waals surface area contributed by atoms with Gasteiger partial charge in [-0.3, -0.25) is 0 Å². The fourth-order valence-electron chi connectivity index (χ4n) is 1.94. The molecule has 3 heteroatoms. The molecule has 0 fully saturated rings. The van der Waals surface area contributed by atoms with Crippen LogP contribution in [0.2, 0.25) is 0 Å². The van der Waals surface area contributed by atoms with Crippen molar-refractivity contribution >= 4 is 17.3 Å². The molecule has 15 heavy (non-hydrogen) atoms. The van der Waals surface area contributed by atoms with Crippen molar-refractivity contribution in [3.8, 4) is 0 Å². The first-order valence-corrected chi connectivity index (χ1v) is 6.47. The van der Waals surface area contributed by atoms with Crippen molar-refractivity contribution in [3.63, 3.8) is 0 Å². The SMILES string of the molecule is CCCOC(=O)c1csc2c1CCCC2. The number of aryl methyl sites for hydroxylation is 1. The zero-order valence-electron chi connectivity index (χ0n) is 9.04. The number of ether oxygens (including phenoxy) is 1. The molecule has 0 spiro atoms. The van der Waals surface area contributed by atoms with E-state index in [9.17, 15) is 4.79 Å². The van der Waals surface area contributed by atoms with Gasteiger partial charge in [0.1, 0.15) is 0 Å². The predicted molar refractivity (Wildman–Crippen MR) is 61.5 cm³/mol. The molecular weight excluding hydrogens is 208 g/mol. The summed E-state index contributed by atoms with van der Waals surface area (Å²) >= 11 is 1.71. The van der Waals surface area contributed by atoms with Crippen LogP contribution in [0.5, 0.6) is 0 Å². The number of esters is 1. The smallest absolute Gasteiger partial charge is 0.339 e. The number of hydrogen-bond donors (Lipinski definition) is 0. The van der Waals surface area contributed by atoms with Gasteiger partial charge in [0.15, 0.2) is 0 Å². The van der Waals surface area contributed by atoms with E-state index in [1.165, 1.54) is 23.3 Å². The van der Waals surface area contributed by atoms with Gasteiger partial charge in [0.2, 0.25) is 0 Å². The zero-order valence-corrected chi connectivity index (χ0v) is 9.86. The Balaban J connectivity index is 2.14. The van der Waals surface area contributed by atoms with Crippen molar-refractivity contribution in [1.29, 1.82) is 0 Å². The van der Waals surface area contributed by atoms with E-state index in [2.05, 4.69) is 0 Å². The van der Waals surface area contributed by atoms with Gasteiger partial charge < -0.3 is 4.74 Å². The van der Waals surface area contributed by atoms with E-state index in [4.69, 9.17) is 4.74 Å². The lowest BCUT2D eigenvalue weighted by molar-refractivity contribution is 0.0504. The third-order valence-electron chi connectivity index (χ3n) is 2.72. The summed E-state index contributed by atoms with van der Waals surface area (Å²) in [7, 11) is 0. The lowest BCUT2D eigenvalue weighted by atomic mass is 9.96. The Hall–Kier alpha value is -0.830. The first kappa shape index (κ1) is 10.7. The number of carbonyl (C=O) groups excluding carboxylic acids is 1. The molecule has 2 rings (SSSR count). The van der Waals surface area contributed by atoms with E-state index in [0.717, 1.165) is 24.8 Å². The first-order valence-electron chi connectivity index (χ1n) is 5.59. The Morgan fingerprint density at radius 3 is 3.07 bits per heavy atom. The molecule has 0 aromatic carbocycles. The van der Waals surface area contributed by atoms with Crippen LogP contribution in [0.15, 0.2) is 5.38 Å². The lowest BCUT2D eigenvalue weighted by Crippen LogP contribution is -2.09. The van der Waals surface area contributed by atoms with Crippen LogP contribution in [0.4, 0.5) is 0 Å². The summed E-state index contributed by atoms with van der Waals surface area (Å²) in [5, 5.41) is 1.97. The molecule has 0 bridgehead atoms. The van der Waals surface area contributed by atoms with Gasteiger partial charge in [0.25, 0.3) is 0 Å². The molecule has 0 unspecified atom stereocenters. The molecule has 0 atom stereocenters. The normalized spacial score (nSPS) is 14.7. The minimum absolute atomic E-state index is 0.128. The van der Waals surface area contributed by atoms with Crippen LogP contribution >= 0.6 is 11.3 Å². The standard InChI is InChI=1S/C12H16O2S/c1-2-7-14-12(13)10-8-15-11-6-4-3-5-9(10)11/h8H,2-7H2,1H3. The summed E-state index contributed by atoms with van der Waals surface area (Å²) in [4.78, 5) is 13.1. The van der Waals surface area contributed by atoms with E-state index in [1.807, 2.05) is 12.3 Å². The summed E-state index contributed by atoms with van der Waals surface area (Å²) in [5.74, 6) is -0.128. The van der Waals surface area contributed by atoms with Gasteiger partial charge in [-0.05, 0) is 37.7 Å². The van der Waals surface area contributed by atoms with Crippen LogP contribution in [-0.4, -0.2) is 12.6 Å². The van der Waals surface area contributed by atoms with E-state index in [0.29, 0.717) is 6.61 Å². The highest BCUT2D eigenvalue weighted by Gasteiger charge is 2.20. The quantitative estimate of drug-likeness (QED) is 0.737. The zero-order chi connectivity index (χ0) is 10.7. The molecule has 1 aliphatic rings. The maximum absolute atomic E-state index is 11.7. The van der Waals surface area contributed by atoms with Gasteiger partial charge in [0.05, 0.1) is 12.2 Å². The van der Waals surface area contributed by atoms with Gasteiger partial charge in [-0.25, -0.2) is 4.79 Å². The molecule has 0 saturated heterocycles.